The topological polar surface area (TPSA) is 102 Å². The van der Waals surface area contributed by atoms with Crippen LogP contribution in [0, 0.1) is 49.4 Å². The molecule has 4 aliphatic rings. The Kier molecular flexibility index (Phi) is 12.4. The summed E-state index contributed by atoms with van der Waals surface area (Å²) in [4.78, 5) is 0. The van der Waals surface area contributed by atoms with Crippen molar-refractivity contribution in [3.63, 3.8) is 0 Å². The molecule has 256 valence electrons. The summed E-state index contributed by atoms with van der Waals surface area (Å²) in [6.07, 6.45) is 12.9. The molecule has 49 heavy (non-hydrogen) atoms. The quantitative estimate of drug-likeness (QED) is 0.312. The van der Waals surface area contributed by atoms with Gasteiger partial charge in [-0.15, -0.1) is 25.7 Å². The zero-order valence-corrected chi connectivity index (χ0v) is 26.7. The van der Waals surface area contributed by atoms with E-state index in [-0.39, 0.29) is 39.6 Å². The molecule has 0 radical (unpaired) electrons. The lowest BCUT2D eigenvalue weighted by molar-refractivity contribution is -0.418. The molecule has 6 rings (SSSR count). The molecule has 0 saturated carbocycles. The van der Waals surface area contributed by atoms with Crippen LogP contribution >= 0.6 is 0 Å². The normalized spacial score (nSPS) is 35.3. The van der Waals surface area contributed by atoms with Crippen molar-refractivity contribution in [2.24, 2.45) is 0 Å². The van der Waals surface area contributed by atoms with Crippen LogP contribution in [0.15, 0.2) is 60.7 Å². The second-order valence-corrected chi connectivity index (χ2v) is 11.5. The van der Waals surface area contributed by atoms with Gasteiger partial charge in [0.25, 0.3) is 0 Å². The third-order valence-electron chi connectivity index (χ3n) is 8.42. The van der Waals surface area contributed by atoms with Crippen molar-refractivity contribution in [3.05, 3.63) is 71.8 Å². The summed E-state index contributed by atoms with van der Waals surface area (Å²) in [5, 5.41) is 0. The van der Waals surface area contributed by atoms with Crippen molar-refractivity contribution >= 4 is 0 Å². The van der Waals surface area contributed by atoms with Crippen LogP contribution in [0.25, 0.3) is 0 Å². The Balaban J connectivity index is 1.27. The minimum Gasteiger partial charge on any atom is -0.360 e. The van der Waals surface area contributed by atoms with Gasteiger partial charge in [-0.1, -0.05) is 84.3 Å². The summed E-state index contributed by atoms with van der Waals surface area (Å²) in [5.74, 6) is 10.0. The summed E-state index contributed by atoms with van der Waals surface area (Å²) in [6, 6.07) is 19.1. The molecular weight excluding hydrogens is 632 g/mol. The Morgan fingerprint density at radius 3 is 1.24 bits per heavy atom. The molecule has 12 atom stereocenters. The van der Waals surface area contributed by atoms with Crippen LogP contribution in [0.1, 0.15) is 23.7 Å². The Labute approximate surface area is 286 Å². The molecule has 0 aliphatic carbocycles. The van der Waals surface area contributed by atoms with Gasteiger partial charge >= 0.3 is 0 Å². The van der Waals surface area contributed by atoms with E-state index >= 15 is 0 Å². The smallest absolute Gasteiger partial charge is 0.190 e. The molecule has 11 heteroatoms. The molecule has 2 aromatic rings. The molecule has 2 aromatic carbocycles. The van der Waals surface area contributed by atoms with E-state index in [4.69, 9.17) is 77.8 Å². The van der Waals surface area contributed by atoms with E-state index in [9.17, 15) is 0 Å². The monoisotopic (exact) mass is 670 g/mol. The molecule has 0 amide bonds. The second-order valence-electron chi connectivity index (χ2n) is 11.5. The number of hydrogen-bond donors (Lipinski definition) is 0. The molecule has 0 bridgehead atoms. The first-order valence-electron chi connectivity index (χ1n) is 16.0. The molecule has 4 fully saturated rings. The van der Waals surface area contributed by atoms with Gasteiger partial charge in [-0.3, -0.25) is 0 Å². The zero-order chi connectivity index (χ0) is 34.0. The van der Waals surface area contributed by atoms with Crippen LogP contribution in [0.4, 0.5) is 0 Å². The number of terminal acetylenes is 4. The first-order valence-corrected chi connectivity index (χ1v) is 16.0. The lowest BCUT2D eigenvalue weighted by atomic mass is 9.96. The Morgan fingerprint density at radius 1 is 0.510 bits per heavy atom. The molecule has 0 N–H and O–H groups in total. The number of benzene rings is 2. The molecule has 0 unspecified atom stereocenters. The molecule has 4 aliphatic heterocycles. The van der Waals surface area contributed by atoms with Gasteiger partial charge in [0.1, 0.15) is 75.3 Å². The lowest BCUT2D eigenvalue weighted by Gasteiger charge is -2.52. The van der Waals surface area contributed by atoms with E-state index in [2.05, 4.69) is 23.7 Å². The summed E-state index contributed by atoms with van der Waals surface area (Å²) < 4.78 is 69.1. The molecule has 0 spiro atoms. The maximum absolute atomic E-state index is 6.58. The highest BCUT2D eigenvalue weighted by Gasteiger charge is 2.56. The van der Waals surface area contributed by atoms with E-state index in [1.165, 1.54) is 0 Å². The van der Waals surface area contributed by atoms with E-state index < -0.39 is 74.0 Å². The minimum absolute atomic E-state index is 0.0341. The average Bonchev–Trinajstić information content (AvgIpc) is 3.15. The van der Waals surface area contributed by atoms with E-state index in [1.54, 1.807) is 0 Å². The largest absolute Gasteiger partial charge is 0.360 e. The van der Waals surface area contributed by atoms with Crippen molar-refractivity contribution in [2.75, 3.05) is 39.6 Å². The third kappa shape index (κ3) is 8.18. The molecular formula is C38H38O11. The minimum atomic E-state index is -1.12. The SMILES string of the molecule is C#CCO[C@@H]1[C@@H](OCC#C)[C@@H](O[C@H]2O[C@@H]3CO[C@@H](c4ccccc4)O[C@H]3[C@H](OCC#C)[C@H]2OCC#C)O[C@@H]2CO[C@@H](c3ccccc3)O[C@@H]12. The van der Waals surface area contributed by atoms with Gasteiger partial charge in [0.05, 0.1) is 13.2 Å². The average molecular weight is 671 g/mol. The summed E-state index contributed by atoms with van der Waals surface area (Å²) in [5.41, 5.74) is 1.67. The third-order valence-corrected chi connectivity index (χ3v) is 8.42. The highest BCUT2D eigenvalue weighted by atomic mass is 16.8. The van der Waals surface area contributed by atoms with Crippen LogP contribution < -0.4 is 0 Å². The standard InChI is InChI=1S/C38H38O11/c1-5-19-39-31-29-27(23-43-35(47-29)25-15-11-9-12-16-25)45-37(33(31)41-21-7-3)49-38-34(42-22-8-4)32(40-20-6-2)30-28(46-38)24-44-36(48-30)26-17-13-10-14-18-26/h1-4,9-18,27-38H,19-24H2/t27-,28-,29-,30-,31+,32+,33-,34-,35-,36-,37-,38-/m1/s1. The van der Waals surface area contributed by atoms with Crippen LogP contribution in [-0.4, -0.2) is 101 Å². The Hall–Kier alpha value is -3.76. The second kappa shape index (κ2) is 17.3. The fourth-order valence-electron chi connectivity index (χ4n) is 6.31. The van der Waals surface area contributed by atoms with Crippen molar-refractivity contribution < 1.29 is 52.1 Å². The first-order chi connectivity index (χ1) is 24.1. The predicted octanol–water partition coefficient (Wildman–Crippen LogP) is 2.75. The molecule has 0 aromatic heterocycles. The highest BCUT2D eigenvalue weighted by Crippen LogP contribution is 2.40. The molecule has 11 nitrogen and oxygen atoms in total. The molecule has 4 heterocycles. The number of rotatable bonds is 12. The van der Waals surface area contributed by atoms with Gasteiger partial charge in [0, 0.05) is 11.1 Å². The van der Waals surface area contributed by atoms with Crippen LogP contribution in [0.2, 0.25) is 0 Å². The summed E-state index contributed by atoms with van der Waals surface area (Å²) >= 11 is 0. The van der Waals surface area contributed by atoms with Gasteiger partial charge in [-0.2, -0.15) is 0 Å². The highest BCUT2D eigenvalue weighted by molar-refractivity contribution is 5.18. The van der Waals surface area contributed by atoms with Crippen molar-refractivity contribution in [1.29, 1.82) is 0 Å². The summed E-state index contributed by atoms with van der Waals surface area (Å²) in [6.45, 7) is 0.0886. The van der Waals surface area contributed by atoms with Crippen molar-refractivity contribution in [3.8, 4) is 49.4 Å². The zero-order valence-electron chi connectivity index (χ0n) is 26.7. The number of ether oxygens (including phenoxy) is 11. The Bertz CT molecular complexity index is 1400. The Morgan fingerprint density at radius 2 is 0.878 bits per heavy atom. The van der Waals surface area contributed by atoms with Gasteiger partial charge < -0.3 is 52.1 Å². The van der Waals surface area contributed by atoms with E-state index in [0.29, 0.717) is 0 Å². The fourth-order valence-corrected chi connectivity index (χ4v) is 6.31. The van der Waals surface area contributed by atoms with Gasteiger partial charge in [0.2, 0.25) is 0 Å². The lowest BCUT2D eigenvalue weighted by Crippen LogP contribution is -2.67. The maximum atomic E-state index is 6.58. The fraction of sp³-hybridized carbons (Fsp3) is 0.474. The number of hydrogen-bond acceptors (Lipinski definition) is 11. The van der Waals surface area contributed by atoms with Crippen molar-refractivity contribution in [2.45, 2.75) is 74.0 Å². The summed E-state index contributed by atoms with van der Waals surface area (Å²) in [7, 11) is 0. The van der Waals surface area contributed by atoms with Gasteiger partial charge in [-0.05, 0) is 0 Å². The number of fused-ring (bicyclic) bond motifs is 2. The van der Waals surface area contributed by atoms with E-state index in [1.807, 2.05) is 60.7 Å². The van der Waals surface area contributed by atoms with E-state index in [0.717, 1.165) is 11.1 Å². The maximum Gasteiger partial charge on any atom is 0.190 e. The molecule has 4 saturated heterocycles. The van der Waals surface area contributed by atoms with Crippen molar-refractivity contribution in [1.82, 2.24) is 0 Å². The van der Waals surface area contributed by atoms with Crippen LogP contribution in [0.3, 0.4) is 0 Å². The van der Waals surface area contributed by atoms with Gasteiger partial charge in [0.15, 0.2) is 25.2 Å². The van der Waals surface area contributed by atoms with Gasteiger partial charge in [-0.25, -0.2) is 0 Å². The first kappa shape index (κ1) is 35.1. The van der Waals surface area contributed by atoms with Crippen LogP contribution in [-0.2, 0) is 52.1 Å². The predicted molar refractivity (Wildman–Crippen MR) is 173 cm³/mol. The van der Waals surface area contributed by atoms with Crippen LogP contribution in [0.5, 0.6) is 0 Å².